The summed E-state index contributed by atoms with van der Waals surface area (Å²) in [7, 11) is 0. The highest BCUT2D eigenvalue weighted by atomic mass is 32.1. The van der Waals surface area contributed by atoms with Crippen LogP contribution < -0.4 is 11.1 Å². The second-order valence-electron chi connectivity index (χ2n) is 5.06. The summed E-state index contributed by atoms with van der Waals surface area (Å²) >= 11 is 1.39. The molecule has 0 saturated heterocycles. The van der Waals surface area contributed by atoms with Gasteiger partial charge in [0.05, 0.1) is 29.0 Å². The molecule has 114 valence electrons. The number of carbonyl (C=O) groups is 1. The topological polar surface area (TPSA) is 64.4 Å². The van der Waals surface area contributed by atoms with Crippen molar-refractivity contribution >= 4 is 17.2 Å². The van der Waals surface area contributed by atoms with E-state index in [4.69, 9.17) is 10.5 Å². The molecule has 1 aromatic rings. The van der Waals surface area contributed by atoms with Crippen LogP contribution in [0.25, 0.3) is 0 Å². The van der Waals surface area contributed by atoms with Crippen LogP contribution in [0.4, 0.5) is 0 Å². The first-order valence-electron chi connectivity index (χ1n) is 7.48. The maximum Gasteiger partial charge on any atom is 0.261 e. The van der Waals surface area contributed by atoms with Gasteiger partial charge in [0.1, 0.15) is 0 Å². The van der Waals surface area contributed by atoms with E-state index in [1.165, 1.54) is 30.6 Å². The maximum atomic E-state index is 12.0. The van der Waals surface area contributed by atoms with E-state index in [9.17, 15) is 4.79 Å². The second kappa shape index (κ2) is 8.83. The van der Waals surface area contributed by atoms with Gasteiger partial charge in [0.15, 0.2) is 0 Å². The van der Waals surface area contributed by atoms with E-state index in [2.05, 4.69) is 17.2 Å². The first kappa shape index (κ1) is 16.0. The Hall–Kier alpha value is -1.35. The van der Waals surface area contributed by atoms with E-state index in [1.54, 1.807) is 6.07 Å². The van der Waals surface area contributed by atoms with Crippen LogP contribution in [0, 0.1) is 11.8 Å². The lowest BCUT2D eigenvalue weighted by Crippen LogP contribution is -2.28. The van der Waals surface area contributed by atoms with Crippen LogP contribution in [0.2, 0.25) is 0 Å². The van der Waals surface area contributed by atoms with Crippen LogP contribution in [0.5, 0.6) is 0 Å². The number of nitrogens with one attached hydrogen (secondary N) is 1. The minimum atomic E-state index is -0.0620. The van der Waals surface area contributed by atoms with E-state index in [-0.39, 0.29) is 5.91 Å². The largest absolute Gasteiger partial charge is 0.376 e. The van der Waals surface area contributed by atoms with Crippen molar-refractivity contribution in [2.24, 2.45) is 5.73 Å². The summed E-state index contributed by atoms with van der Waals surface area (Å²) in [5, 5.41) is 2.88. The van der Waals surface area contributed by atoms with Gasteiger partial charge in [-0.05, 0) is 25.0 Å². The number of amides is 1. The summed E-state index contributed by atoms with van der Waals surface area (Å²) in [5.41, 5.74) is 5.32. The fourth-order valence-corrected chi connectivity index (χ4v) is 3.17. The fourth-order valence-electron chi connectivity index (χ4n) is 2.37. The fraction of sp³-hybridized carbons (Fsp3) is 0.562. The number of hydrogen-bond acceptors (Lipinski definition) is 4. The first-order valence-corrected chi connectivity index (χ1v) is 8.30. The Morgan fingerprint density at radius 1 is 1.38 bits per heavy atom. The molecule has 1 amide bonds. The lowest BCUT2D eigenvalue weighted by Gasteiger charge is -2.21. The predicted octanol–water partition coefficient (Wildman–Crippen LogP) is 2.14. The van der Waals surface area contributed by atoms with E-state index in [1.807, 2.05) is 6.07 Å². The average molecular weight is 306 g/mol. The van der Waals surface area contributed by atoms with Gasteiger partial charge in [-0.3, -0.25) is 4.79 Å². The number of hydrogen-bond donors (Lipinski definition) is 2. The van der Waals surface area contributed by atoms with Gasteiger partial charge in [0.2, 0.25) is 0 Å². The van der Waals surface area contributed by atoms with E-state index < -0.39 is 0 Å². The monoisotopic (exact) mass is 306 g/mol. The van der Waals surface area contributed by atoms with Gasteiger partial charge in [-0.15, -0.1) is 11.3 Å². The van der Waals surface area contributed by atoms with E-state index in [0.29, 0.717) is 30.7 Å². The molecule has 1 aliphatic carbocycles. The number of rotatable bonds is 5. The highest BCUT2D eigenvalue weighted by Gasteiger charge is 2.13. The van der Waals surface area contributed by atoms with Crippen molar-refractivity contribution in [1.82, 2.24) is 5.32 Å². The third kappa shape index (κ3) is 5.50. The van der Waals surface area contributed by atoms with Crippen LogP contribution >= 0.6 is 11.3 Å². The summed E-state index contributed by atoms with van der Waals surface area (Å²) in [4.78, 5) is 13.5. The first-order chi connectivity index (χ1) is 10.3. The zero-order chi connectivity index (χ0) is 14.9. The number of thiophene rings is 1. The summed E-state index contributed by atoms with van der Waals surface area (Å²) < 4.78 is 5.78. The molecule has 0 aromatic carbocycles. The molecule has 1 aromatic heterocycles. The molecule has 0 bridgehead atoms. The molecule has 5 heteroatoms. The van der Waals surface area contributed by atoms with Crippen molar-refractivity contribution in [3.05, 3.63) is 21.9 Å². The highest BCUT2D eigenvalue weighted by molar-refractivity contribution is 7.14. The van der Waals surface area contributed by atoms with E-state index >= 15 is 0 Å². The lowest BCUT2D eigenvalue weighted by molar-refractivity contribution is 0.0300. The molecule has 1 fully saturated rings. The summed E-state index contributed by atoms with van der Waals surface area (Å²) in [6, 6.07) is 3.64. The van der Waals surface area contributed by atoms with Gasteiger partial charge in [0.25, 0.3) is 5.91 Å². The Morgan fingerprint density at radius 2 is 2.19 bits per heavy atom. The normalized spacial score (nSPS) is 15.3. The molecule has 0 atom stereocenters. The van der Waals surface area contributed by atoms with Gasteiger partial charge in [-0.1, -0.05) is 31.1 Å². The number of carbonyl (C=O) groups excluding carboxylic acids is 1. The van der Waals surface area contributed by atoms with Crippen LogP contribution in [0.3, 0.4) is 0 Å². The minimum Gasteiger partial charge on any atom is -0.376 e. The van der Waals surface area contributed by atoms with Gasteiger partial charge >= 0.3 is 0 Å². The molecule has 4 nitrogen and oxygen atoms in total. The Labute approximate surface area is 130 Å². The van der Waals surface area contributed by atoms with Gasteiger partial charge in [-0.2, -0.15) is 0 Å². The highest BCUT2D eigenvalue weighted by Crippen LogP contribution is 2.20. The third-order valence-corrected chi connectivity index (χ3v) is 4.44. The predicted molar refractivity (Wildman–Crippen MR) is 85.4 cm³/mol. The average Bonchev–Trinajstić information content (AvgIpc) is 2.99. The van der Waals surface area contributed by atoms with Crippen molar-refractivity contribution in [2.75, 3.05) is 19.7 Å². The van der Waals surface area contributed by atoms with Crippen molar-refractivity contribution < 1.29 is 9.53 Å². The van der Waals surface area contributed by atoms with E-state index in [0.717, 1.165) is 17.7 Å². The van der Waals surface area contributed by atoms with Gasteiger partial charge in [0, 0.05) is 6.54 Å². The third-order valence-electron chi connectivity index (χ3n) is 3.44. The molecule has 0 radical (unpaired) electrons. The molecule has 0 aliphatic heterocycles. The van der Waals surface area contributed by atoms with Crippen LogP contribution in [0.15, 0.2) is 12.1 Å². The molecule has 2 rings (SSSR count). The van der Waals surface area contributed by atoms with Gasteiger partial charge < -0.3 is 15.8 Å². The molecule has 0 spiro atoms. The molecule has 21 heavy (non-hydrogen) atoms. The Morgan fingerprint density at radius 3 is 2.95 bits per heavy atom. The standard InChI is InChI=1S/C16H22N2O2S/c17-10-4-7-14-8-9-15(21-14)16(19)18-11-12-20-13-5-2-1-3-6-13/h8-9,13H,1-3,5-6,10-12,17H2,(H,18,19). The van der Waals surface area contributed by atoms with Crippen LogP contribution in [-0.2, 0) is 4.74 Å². The molecule has 1 heterocycles. The molecule has 3 N–H and O–H groups in total. The molecule has 0 unspecified atom stereocenters. The van der Waals surface area contributed by atoms with Gasteiger partial charge in [-0.25, -0.2) is 0 Å². The molecular weight excluding hydrogens is 284 g/mol. The SMILES string of the molecule is NCC#Cc1ccc(C(=O)NCCOC2CCCCC2)s1. The second-order valence-corrected chi connectivity index (χ2v) is 6.14. The summed E-state index contributed by atoms with van der Waals surface area (Å²) in [6.45, 7) is 1.47. The summed E-state index contributed by atoms with van der Waals surface area (Å²) in [6.07, 6.45) is 6.54. The minimum absolute atomic E-state index is 0.0620. The number of nitrogens with two attached hydrogens (primary N) is 1. The molecule has 1 saturated carbocycles. The molecule has 1 aliphatic rings. The Balaban J connectivity index is 1.68. The Bertz CT molecular complexity index is 510. The van der Waals surface area contributed by atoms with Crippen LogP contribution in [-0.4, -0.2) is 31.7 Å². The maximum absolute atomic E-state index is 12.0. The summed E-state index contributed by atoms with van der Waals surface area (Å²) in [5.74, 6) is 5.65. The van der Waals surface area contributed by atoms with Crippen molar-refractivity contribution in [2.45, 2.75) is 38.2 Å². The smallest absolute Gasteiger partial charge is 0.261 e. The number of ether oxygens (including phenoxy) is 1. The Kier molecular flexibility index (Phi) is 6.74. The lowest BCUT2D eigenvalue weighted by atomic mass is 9.98. The van der Waals surface area contributed by atoms with Crippen molar-refractivity contribution in [3.8, 4) is 11.8 Å². The molecular formula is C16H22N2O2S. The van der Waals surface area contributed by atoms with Crippen molar-refractivity contribution in [3.63, 3.8) is 0 Å². The van der Waals surface area contributed by atoms with Crippen molar-refractivity contribution in [1.29, 1.82) is 0 Å². The zero-order valence-corrected chi connectivity index (χ0v) is 13.0. The zero-order valence-electron chi connectivity index (χ0n) is 12.2. The van der Waals surface area contributed by atoms with Crippen LogP contribution in [0.1, 0.15) is 46.7 Å². The quantitative estimate of drug-likeness (QED) is 0.647.